The van der Waals surface area contributed by atoms with Crippen LogP contribution in [0, 0.1) is 0 Å². The van der Waals surface area contributed by atoms with Gasteiger partial charge in [-0.1, -0.05) is 66.2 Å². The summed E-state index contributed by atoms with van der Waals surface area (Å²) in [5, 5.41) is 0. The maximum Gasteiger partial charge on any atom is 0.352 e. The van der Waals surface area contributed by atoms with Gasteiger partial charge in [0.05, 0.1) is 12.2 Å². The molecule has 0 aliphatic rings. The summed E-state index contributed by atoms with van der Waals surface area (Å²) in [6.45, 7) is 10.8. The summed E-state index contributed by atoms with van der Waals surface area (Å²) in [6.07, 6.45) is 5.08. The van der Waals surface area contributed by atoms with E-state index in [9.17, 15) is 19.2 Å². The number of ether oxygens (including phenoxy) is 4. The van der Waals surface area contributed by atoms with Crippen molar-refractivity contribution in [2.24, 2.45) is 0 Å². The van der Waals surface area contributed by atoms with Crippen LogP contribution in [0.3, 0.4) is 0 Å². The van der Waals surface area contributed by atoms with Gasteiger partial charge in [-0.2, -0.15) is 0 Å². The number of hydrogen-bond donors (Lipinski definition) is 0. The van der Waals surface area contributed by atoms with Crippen LogP contribution in [-0.2, 0) is 38.1 Å². The molecule has 4 unspecified atom stereocenters. The fraction of sp³-hybridized carbons (Fsp3) is 0.846. The Hall–Kier alpha value is -2.12. The molecule has 0 aliphatic carbocycles. The monoisotopic (exact) mass is 486 g/mol. The molecule has 0 aromatic rings. The molecule has 0 fully saturated rings. The molecule has 0 aromatic heterocycles. The molecule has 0 rings (SSSR count). The molecule has 0 N–H and O–H groups in total. The minimum atomic E-state index is -1.72. The molecule has 0 bridgehead atoms. The quantitative estimate of drug-likeness (QED) is 0.135. The zero-order chi connectivity index (χ0) is 25.9. The second-order valence-corrected chi connectivity index (χ2v) is 8.72. The normalized spacial score (nSPS) is 14.4. The van der Waals surface area contributed by atoms with Crippen LogP contribution in [0.25, 0.3) is 0 Å². The van der Waals surface area contributed by atoms with Gasteiger partial charge in [-0.3, -0.25) is 9.59 Å². The molecular weight excluding hydrogens is 440 g/mol. The zero-order valence-electron chi connectivity index (χ0n) is 22.1. The van der Waals surface area contributed by atoms with E-state index in [1.54, 1.807) is 27.7 Å². The highest BCUT2D eigenvalue weighted by Crippen LogP contribution is 2.17. The standard InChI is InChI=1S/C26H46O8/c1-7-11-13-15-17-19(5)31-25(29)23(33-21(27)9-3)24(34-22(28)10-4)26(30)32-20(6)18-16-14-12-8-2/h19-20,23-24H,7-18H2,1-6H3. The summed E-state index contributed by atoms with van der Waals surface area (Å²) in [7, 11) is 0. The van der Waals surface area contributed by atoms with Gasteiger partial charge in [0.15, 0.2) is 0 Å². The summed E-state index contributed by atoms with van der Waals surface area (Å²) in [4.78, 5) is 50.0. The first-order valence-electron chi connectivity index (χ1n) is 13.0. The van der Waals surface area contributed by atoms with Crippen molar-refractivity contribution in [2.45, 2.75) is 143 Å². The van der Waals surface area contributed by atoms with Gasteiger partial charge in [0, 0.05) is 12.8 Å². The molecule has 8 heteroatoms. The highest BCUT2D eigenvalue weighted by Gasteiger charge is 2.43. The molecule has 8 nitrogen and oxygen atoms in total. The van der Waals surface area contributed by atoms with E-state index < -0.39 is 48.3 Å². The molecule has 0 amide bonds. The van der Waals surface area contributed by atoms with Crippen LogP contribution in [0.15, 0.2) is 0 Å². The average molecular weight is 487 g/mol. The van der Waals surface area contributed by atoms with E-state index in [0.29, 0.717) is 12.8 Å². The summed E-state index contributed by atoms with van der Waals surface area (Å²) in [5.74, 6) is -3.27. The van der Waals surface area contributed by atoms with Crippen molar-refractivity contribution in [3.05, 3.63) is 0 Å². The largest absolute Gasteiger partial charge is 0.460 e. The van der Waals surface area contributed by atoms with Crippen molar-refractivity contribution in [1.82, 2.24) is 0 Å². The first-order valence-corrected chi connectivity index (χ1v) is 13.0. The van der Waals surface area contributed by atoms with Gasteiger partial charge in [0.25, 0.3) is 0 Å². The van der Waals surface area contributed by atoms with Crippen molar-refractivity contribution < 1.29 is 38.1 Å². The third-order valence-corrected chi connectivity index (χ3v) is 5.40. The van der Waals surface area contributed by atoms with Crippen LogP contribution in [0.2, 0.25) is 0 Å². The fourth-order valence-corrected chi connectivity index (χ4v) is 3.28. The Morgan fingerprint density at radius 3 is 1.18 bits per heavy atom. The molecule has 0 heterocycles. The van der Waals surface area contributed by atoms with E-state index in [2.05, 4.69) is 13.8 Å². The van der Waals surface area contributed by atoms with Crippen LogP contribution in [0.5, 0.6) is 0 Å². The number of esters is 4. The van der Waals surface area contributed by atoms with Gasteiger partial charge < -0.3 is 18.9 Å². The fourth-order valence-electron chi connectivity index (χ4n) is 3.28. The summed E-state index contributed by atoms with van der Waals surface area (Å²) >= 11 is 0. The number of carbonyl (C=O) groups is 4. The van der Waals surface area contributed by atoms with Gasteiger partial charge >= 0.3 is 23.9 Å². The molecular formula is C26H46O8. The minimum absolute atomic E-state index is 0.0202. The van der Waals surface area contributed by atoms with E-state index in [4.69, 9.17) is 18.9 Å². The Balaban J connectivity index is 5.44. The molecule has 0 aliphatic heterocycles. The van der Waals surface area contributed by atoms with Gasteiger partial charge in [-0.15, -0.1) is 0 Å². The lowest BCUT2D eigenvalue weighted by atomic mass is 10.1. The van der Waals surface area contributed by atoms with Gasteiger partial charge in [-0.25, -0.2) is 9.59 Å². The lowest BCUT2D eigenvalue weighted by molar-refractivity contribution is -0.195. The van der Waals surface area contributed by atoms with Gasteiger partial charge in [0.2, 0.25) is 12.2 Å². The van der Waals surface area contributed by atoms with Gasteiger partial charge in [0.1, 0.15) is 0 Å². The van der Waals surface area contributed by atoms with Crippen LogP contribution in [0.4, 0.5) is 0 Å². The lowest BCUT2D eigenvalue weighted by Crippen LogP contribution is -2.48. The van der Waals surface area contributed by atoms with Crippen molar-refractivity contribution in [1.29, 1.82) is 0 Å². The summed E-state index contributed by atoms with van der Waals surface area (Å²) < 4.78 is 21.4. The van der Waals surface area contributed by atoms with Crippen molar-refractivity contribution in [3.63, 3.8) is 0 Å². The van der Waals surface area contributed by atoms with Crippen molar-refractivity contribution in [2.75, 3.05) is 0 Å². The maximum atomic E-state index is 12.9. The third kappa shape index (κ3) is 14.2. The molecule has 0 saturated carbocycles. The lowest BCUT2D eigenvalue weighted by Gasteiger charge is -2.26. The van der Waals surface area contributed by atoms with E-state index in [0.717, 1.165) is 51.4 Å². The second kappa shape index (κ2) is 19.2. The average Bonchev–Trinajstić information content (AvgIpc) is 2.81. The molecule has 0 saturated heterocycles. The van der Waals surface area contributed by atoms with Crippen LogP contribution in [0.1, 0.15) is 119 Å². The summed E-state index contributed by atoms with van der Waals surface area (Å²) in [5.41, 5.74) is 0. The van der Waals surface area contributed by atoms with Gasteiger partial charge in [-0.05, 0) is 39.5 Å². The number of hydrogen-bond acceptors (Lipinski definition) is 8. The Kier molecular flexibility index (Phi) is 18.0. The first kappa shape index (κ1) is 31.9. The van der Waals surface area contributed by atoms with E-state index >= 15 is 0 Å². The Bertz CT molecular complexity index is 552. The van der Waals surface area contributed by atoms with E-state index in [1.165, 1.54) is 0 Å². The zero-order valence-corrected chi connectivity index (χ0v) is 22.1. The Labute approximate surface area is 205 Å². The maximum absolute atomic E-state index is 12.9. The topological polar surface area (TPSA) is 105 Å². The highest BCUT2D eigenvalue weighted by molar-refractivity contribution is 5.89. The summed E-state index contributed by atoms with van der Waals surface area (Å²) in [6, 6.07) is 0. The SMILES string of the molecule is CCCCCCC(C)OC(=O)C(OC(=O)CC)C(OC(=O)CC)C(=O)OC(C)CCCCCC. The van der Waals surface area contributed by atoms with Crippen LogP contribution in [-0.4, -0.2) is 48.3 Å². The number of rotatable bonds is 19. The smallest absolute Gasteiger partial charge is 0.352 e. The molecule has 34 heavy (non-hydrogen) atoms. The Morgan fingerprint density at radius 1 is 0.529 bits per heavy atom. The van der Waals surface area contributed by atoms with Crippen LogP contribution < -0.4 is 0 Å². The predicted molar refractivity (Wildman–Crippen MR) is 129 cm³/mol. The second-order valence-electron chi connectivity index (χ2n) is 8.72. The minimum Gasteiger partial charge on any atom is -0.460 e. The predicted octanol–water partition coefficient (Wildman–Crippen LogP) is 5.43. The number of unbranched alkanes of at least 4 members (excludes halogenated alkanes) is 6. The van der Waals surface area contributed by atoms with E-state index in [-0.39, 0.29) is 12.8 Å². The molecule has 0 spiro atoms. The molecule has 0 radical (unpaired) electrons. The van der Waals surface area contributed by atoms with Crippen molar-refractivity contribution >= 4 is 23.9 Å². The molecule has 198 valence electrons. The highest BCUT2D eigenvalue weighted by atomic mass is 16.6. The first-order chi connectivity index (χ1) is 16.2. The van der Waals surface area contributed by atoms with E-state index in [1.807, 2.05) is 0 Å². The third-order valence-electron chi connectivity index (χ3n) is 5.40. The molecule has 0 aromatic carbocycles. The molecule has 4 atom stereocenters. The van der Waals surface area contributed by atoms with Crippen LogP contribution >= 0.6 is 0 Å². The Morgan fingerprint density at radius 2 is 0.882 bits per heavy atom. The van der Waals surface area contributed by atoms with Crippen molar-refractivity contribution in [3.8, 4) is 0 Å². The number of carbonyl (C=O) groups excluding carboxylic acids is 4.